The minimum atomic E-state index is -0.138. The maximum absolute atomic E-state index is 12.2. The molecule has 1 amide bonds. The third kappa shape index (κ3) is 3.24. The van der Waals surface area contributed by atoms with E-state index in [4.69, 9.17) is 0 Å². The predicted octanol–water partition coefficient (Wildman–Crippen LogP) is 1.95. The van der Waals surface area contributed by atoms with Crippen molar-refractivity contribution in [2.45, 2.75) is 19.9 Å². The molecule has 106 valence electrons. The van der Waals surface area contributed by atoms with Crippen LogP contribution < -0.4 is 10.6 Å². The van der Waals surface area contributed by atoms with E-state index >= 15 is 0 Å². The van der Waals surface area contributed by atoms with Gasteiger partial charge in [0.25, 0.3) is 5.91 Å². The molecule has 0 aliphatic heterocycles. The van der Waals surface area contributed by atoms with Crippen LogP contribution in [0.5, 0.6) is 0 Å². The molecule has 0 saturated heterocycles. The molecular formula is C15H20N4O. The molecule has 2 rings (SSSR count). The maximum atomic E-state index is 12.2. The molecule has 0 aliphatic rings. The Morgan fingerprint density at radius 3 is 2.55 bits per heavy atom. The van der Waals surface area contributed by atoms with Gasteiger partial charge in [0.15, 0.2) is 0 Å². The van der Waals surface area contributed by atoms with Gasteiger partial charge in [-0.1, -0.05) is 19.1 Å². The van der Waals surface area contributed by atoms with Gasteiger partial charge >= 0.3 is 0 Å². The molecular weight excluding hydrogens is 252 g/mol. The predicted molar refractivity (Wildman–Crippen MR) is 79.7 cm³/mol. The van der Waals surface area contributed by atoms with E-state index in [2.05, 4.69) is 15.7 Å². The normalized spacial score (nSPS) is 10.6. The molecule has 0 radical (unpaired) electrons. The van der Waals surface area contributed by atoms with Gasteiger partial charge in [-0.15, -0.1) is 0 Å². The highest BCUT2D eigenvalue weighted by Crippen LogP contribution is 2.12. The highest BCUT2D eigenvalue weighted by Gasteiger charge is 2.12. The first-order valence-corrected chi connectivity index (χ1v) is 6.72. The maximum Gasteiger partial charge on any atom is 0.273 e. The smallest absolute Gasteiger partial charge is 0.273 e. The summed E-state index contributed by atoms with van der Waals surface area (Å²) in [4.78, 5) is 12.2. The highest BCUT2D eigenvalue weighted by atomic mass is 16.2. The second-order valence-electron chi connectivity index (χ2n) is 4.68. The van der Waals surface area contributed by atoms with Crippen LogP contribution in [0.15, 0.2) is 30.3 Å². The van der Waals surface area contributed by atoms with Crippen LogP contribution in [-0.4, -0.2) is 22.7 Å². The lowest BCUT2D eigenvalue weighted by atomic mass is 10.2. The summed E-state index contributed by atoms with van der Waals surface area (Å²) < 4.78 is 1.61. The van der Waals surface area contributed by atoms with Crippen molar-refractivity contribution in [3.05, 3.63) is 47.3 Å². The summed E-state index contributed by atoms with van der Waals surface area (Å²) in [5.74, 6) is -0.138. The molecule has 1 heterocycles. The number of aromatic nitrogens is 2. The van der Waals surface area contributed by atoms with Crippen molar-refractivity contribution in [2.75, 3.05) is 12.4 Å². The van der Waals surface area contributed by atoms with Crippen LogP contribution in [0.1, 0.15) is 28.7 Å². The minimum Gasteiger partial charge on any atom is -0.321 e. The average Bonchev–Trinajstić information content (AvgIpc) is 2.83. The Kier molecular flexibility index (Phi) is 4.53. The van der Waals surface area contributed by atoms with Crippen LogP contribution in [0.4, 0.5) is 5.69 Å². The van der Waals surface area contributed by atoms with Crippen LogP contribution in [-0.2, 0) is 20.0 Å². The minimum absolute atomic E-state index is 0.138. The van der Waals surface area contributed by atoms with Crippen LogP contribution >= 0.6 is 0 Å². The van der Waals surface area contributed by atoms with Crippen molar-refractivity contribution in [3.8, 4) is 0 Å². The summed E-state index contributed by atoms with van der Waals surface area (Å²) in [6.07, 6.45) is 0.819. The topological polar surface area (TPSA) is 59.0 Å². The van der Waals surface area contributed by atoms with Crippen molar-refractivity contribution in [2.24, 2.45) is 7.05 Å². The summed E-state index contributed by atoms with van der Waals surface area (Å²) >= 11 is 0. The summed E-state index contributed by atoms with van der Waals surface area (Å²) in [6.45, 7) is 2.83. The molecule has 2 N–H and O–H groups in total. The van der Waals surface area contributed by atoms with E-state index < -0.39 is 0 Å². The van der Waals surface area contributed by atoms with Gasteiger partial charge in [-0.2, -0.15) is 5.10 Å². The number of nitrogens with one attached hydrogen (secondary N) is 2. The number of anilines is 1. The van der Waals surface area contributed by atoms with Crippen LogP contribution in [0.2, 0.25) is 0 Å². The number of hydrogen-bond donors (Lipinski definition) is 2. The Morgan fingerprint density at radius 2 is 2.00 bits per heavy atom. The standard InChI is InChI=1S/C15H20N4O/c1-4-12-9-14(19(3)18-12)15(20)17-13-7-5-11(6-8-13)10-16-2/h5-9,16H,4,10H2,1-3H3,(H,17,20). The summed E-state index contributed by atoms with van der Waals surface area (Å²) in [5, 5.41) is 10.3. The zero-order chi connectivity index (χ0) is 14.5. The van der Waals surface area contributed by atoms with Gasteiger partial charge in [-0.25, -0.2) is 0 Å². The molecule has 0 spiro atoms. The largest absolute Gasteiger partial charge is 0.321 e. The van der Waals surface area contributed by atoms with Crippen LogP contribution in [0, 0.1) is 0 Å². The quantitative estimate of drug-likeness (QED) is 0.874. The van der Waals surface area contributed by atoms with Crippen LogP contribution in [0.25, 0.3) is 0 Å². The Bertz CT molecular complexity index is 586. The molecule has 5 nitrogen and oxygen atoms in total. The lowest BCUT2D eigenvalue weighted by molar-refractivity contribution is 0.101. The number of amides is 1. The summed E-state index contributed by atoms with van der Waals surface area (Å²) in [7, 11) is 3.69. The molecule has 2 aromatic rings. The lowest BCUT2D eigenvalue weighted by Gasteiger charge is -2.06. The monoisotopic (exact) mass is 272 g/mol. The molecule has 0 aliphatic carbocycles. The number of carbonyl (C=O) groups is 1. The van der Waals surface area contributed by atoms with Crippen LogP contribution in [0.3, 0.4) is 0 Å². The summed E-state index contributed by atoms with van der Waals surface area (Å²) in [5.41, 5.74) is 3.46. The zero-order valence-corrected chi connectivity index (χ0v) is 12.1. The van der Waals surface area contributed by atoms with Gasteiger partial charge < -0.3 is 10.6 Å². The molecule has 0 fully saturated rings. The highest BCUT2D eigenvalue weighted by molar-refractivity contribution is 6.03. The van der Waals surface area contributed by atoms with E-state index in [0.717, 1.165) is 24.3 Å². The van der Waals surface area contributed by atoms with E-state index in [1.54, 1.807) is 11.7 Å². The fraction of sp³-hybridized carbons (Fsp3) is 0.333. The van der Waals surface area contributed by atoms with E-state index in [1.807, 2.05) is 44.3 Å². The average molecular weight is 272 g/mol. The number of benzene rings is 1. The number of rotatable bonds is 5. The van der Waals surface area contributed by atoms with E-state index in [0.29, 0.717) is 5.69 Å². The molecule has 1 aromatic carbocycles. The molecule has 0 bridgehead atoms. The molecule has 0 saturated carbocycles. The first kappa shape index (κ1) is 14.3. The lowest BCUT2D eigenvalue weighted by Crippen LogP contribution is -2.16. The Labute approximate surface area is 119 Å². The zero-order valence-electron chi connectivity index (χ0n) is 12.1. The van der Waals surface area contributed by atoms with Gasteiger partial charge in [0, 0.05) is 19.3 Å². The Morgan fingerprint density at radius 1 is 1.30 bits per heavy atom. The van der Waals surface area contributed by atoms with Gasteiger partial charge in [-0.05, 0) is 37.2 Å². The van der Waals surface area contributed by atoms with Crippen molar-refractivity contribution in [1.29, 1.82) is 0 Å². The van der Waals surface area contributed by atoms with Crippen molar-refractivity contribution < 1.29 is 4.79 Å². The van der Waals surface area contributed by atoms with E-state index in [-0.39, 0.29) is 5.91 Å². The SMILES string of the molecule is CCc1cc(C(=O)Nc2ccc(CNC)cc2)n(C)n1. The first-order valence-electron chi connectivity index (χ1n) is 6.72. The van der Waals surface area contributed by atoms with E-state index in [9.17, 15) is 4.79 Å². The second kappa shape index (κ2) is 6.34. The number of nitrogens with zero attached hydrogens (tertiary/aromatic N) is 2. The Hall–Kier alpha value is -2.14. The number of carbonyl (C=O) groups excluding carboxylic acids is 1. The third-order valence-corrected chi connectivity index (χ3v) is 3.12. The van der Waals surface area contributed by atoms with Gasteiger partial charge in [-0.3, -0.25) is 9.48 Å². The Balaban J connectivity index is 2.08. The molecule has 0 unspecified atom stereocenters. The molecule has 1 aromatic heterocycles. The number of aryl methyl sites for hydroxylation is 2. The molecule has 0 atom stereocenters. The molecule has 20 heavy (non-hydrogen) atoms. The van der Waals surface area contributed by atoms with Crippen molar-refractivity contribution in [3.63, 3.8) is 0 Å². The summed E-state index contributed by atoms with van der Waals surface area (Å²) in [6, 6.07) is 9.62. The second-order valence-corrected chi connectivity index (χ2v) is 4.68. The first-order chi connectivity index (χ1) is 9.63. The van der Waals surface area contributed by atoms with Gasteiger partial charge in [0.05, 0.1) is 5.69 Å². The van der Waals surface area contributed by atoms with E-state index in [1.165, 1.54) is 5.56 Å². The van der Waals surface area contributed by atoms with Crippen molar-refractivity contribution in [1.82, 2.24) is 15.1 Å². The fourth-order valence-electron chi connectivity index (χ4n) is 2.02. The van der Waals surface area contributed by atoms with Gasteiger partial charge in [0.1, 0.15) is 5.69 Å². The third-order valence-electron chi connectivity index (χ3n) is 3.12. The van der Waals surface area contributed by atoms with Gasteiger partial charge in [0.2, 0.25) is 0 Å². The van der Waals surface area contributed by atoms with Crippen molar-refractivity contribution >= 4 is 11.6 Å². The fourth-order valence-corrected chi connectivity index (χ4v) is 2.02. The number of hydrogen-bond acceptors (Lipinski definition) is 3. The molecule has 5 heteroatoms.